The van der Waals surface area contributed by atoms with Crippen LogP contribution in [0.2, 0.25) is 0 Å². The largest absolute Gasteiger partial charge is 0.487 e. The van der Waals surface area contributed by atoms with Crippen molar-refractivity contribution in [3.05, 3.63) is 64.7 Å². The van der Waals surface area contributed by atoms with Crippen LogP contribution in [0.4, 0.5) is 8.78 Å². The molecule has 0 saturated carbocycles. The van der Waals surface area contributed by atoms with E-state index in [-0.39, 0.29) is 36.5 Å². The number of amides is 1. The van der Waals surface area contributed by atoms with Gasteiger partial charge >= 0.3 is 0 Å². The minimum absolute atomic E-state index is 0. The van der Waals surface area contributed by atoms with Crippen LogP contribution in [-0.2, 0) is 10.3 Å². The smallest absolute Gasteiger partial charge is 0.253 e. The molecule has 1 N–H and O–H groups in total. The maximum Gasteiger partial charge on any atom is 0.253 e. The molecule has 0 bridgehead atoms. The monoisotopic (exact) mass is 461 g/mol. The summed E-state index contributed by atoms with van der Waals surface area (Å²) in [5.41, 5.74) is -0.640. The molecule has 2 aliphatic heterocycles. The van der Waals surface area contributed by atoms with Crippen LogP contribution in [0.1, 0.15) is 76.0 Å². The van der Waals surface area contributed by atoms with E-state index in [1.807, 2.05) is 13.8 Å². The molecule has 1 saturated heterocycles. The highest BCUT2D eigenvalue weighted by Crippen LogP contribution is 2.46. The second-order valence-electron chi connectivity index (χ2n) is 9.89. The van der Waals surface area contributed by atoms with Gasteiger partial charge in [0.05, 0.1) is 17.8 Å². The number of carbonyl (C=O) groups is 1. The topological polar surface area (TPSA) is 59.0 Å². The Kier molecular flexibility index (Phi) is 6.22. The van der Waals surface area contributed by atoms with Gasteiger partial charge in [-0.1, -0.05) is 6.07 Å². The highest BCUT2D eigenvalue weighted by Gasteiger charge is 2.45. The van der Waals surface area contributed by atoms with Crippen LogP contribution in [0.15, 0.2) is 36.4 Å². The molecule has 2 aromatic carbocycles. The molecule has 180 valence electrons. The quantitative estimate of drug-likeness (QED) is 0.666. The normalized spacial score (nSPS) is 20.0. The fourth-order valence-corrected chi connectivity index (χ4v) is 4.79. The van der Waals surface area contributed by atoms with E-state index in [0.29, 0.717) is 38.1 Å². The number of benzene rings is 2. The van der Waals surface area contributed by atoms with Gasteiger partial charge in [0.1, 0.15) is 23.0 Å². The van der Waals surface area contributed by atoms with Gasteiger partial charge in [0.15, 0.2) is 0 Å². The number of ether oxygens (including phenoxy) is 2. The van der Waals surface area contributed by atoms with Crippen LogP contribution in [-0.4, -0.2) is 40.7 Å². The third kappa shape index (κ3) is 4.89. The van der Waals surface area contributed by atoms with Crippen molar-refractivity contribution in [2.24, 2.45) is 0 Å². The molecule has 1 atom stereocenters. The number of halogens is 2. The Labute approximate surface area is 194 Å². The van der Waals surface area contributed by atoms with E-state index in [2.05, 4.69) is 0 Å². The number of aliphatic hydroxyl groups is 1. The highest BCUT2D eigenvalue weighted by atomic mass is 19.1. The Hall–Kier alpha value is -2.51. The van der Waals surface area contributed by atoms with Gasteiger partial charge in [0.25, 0.3) is 5.91 Å². The summed E-state index contributed by atoms with van der Waals surface area (Å²) in [5.74, 6) is -0.734. The minimum Gasteiger partial charge on any atom is -0.487 e. The summed E-state index contributed by atoms with van der Waals surface area (Å²) in [6, 6.07) is 8.72. The molecule has 0 radical (unpaired) electrons. The van der Waals surface area contributed by atoms with E-state index in [4.69, 9.17) is 9.47 Å². The predicted octanol–water partition coefficient (Wildman–Crippen LogP) is 5.36. The second kappa shape index (κ2) is 8.69. The third-order valence-corrected chi connectivity index (χ3v) is 6.48. The maximum atomic E-state index is 14.5. The molecule has 0 aromatic heterocycles. The molecule has 1 unspecified atom stereocenters. The number of hydrogen-bond acceptors (Lipinski definition) is 4. The van der Waals surface area contributed by atoms with Crippen LogP contribution < -0.4 is 4.74 Å². The number of hydrogen-bond donors (Lipinski definition) is 1. The molecular weight excluding hydrogens is 428 g/mol. The van der Waals surface area contributed by atoms with E-state index in [9.17, 15) is 18.7 Å². The number of carbonyl (C=O) groups excluding carboxylic acids is 1. The van der Waals surface area contributed by atoms with Crippen LogP contribution in [0.3, 0.4) is 0 Å². The van der Waals surface area contributed by atoms with E-state index in [1.54, 1.807) is 17.0 Å². The predicted molar refractivity (Wildman–Crippen MR) is 122 cm³/mol. The lowest BCUT2D eigenvalue weighted by molar-refractivity contribution is -0.0873. The summed E-state index contributed by atoms with van der Waals surface area (Å²) in [6.07, 6.45) is 1.56. The Morgan fingerprint density at radius 1 is 1.21 bits per heavy atom. The molecule has 1 amide bonds. The lowest BCUT2D eigenvalue weighted by Gasteiger charge is -2.47. The van der Waals surface area contributed by atoms with Crippen molar-refractivity contribution in [1.82, 2.24) is 4.90 Å². The first-order chi connectivity index (χ1) is 15.5. The van der Waals surface area contributed by atoms with Crippen molar-refractivity contribution < 1.29 is 29.6 Å². The molecule has 2 aromatic rings. The van der Waals surface area contributed by atoms with Crippen LogP contribution in [0, 0.1) is 11.6 Å². The number of nitrogens with zero attached hydrogens (tertiary/aromatic N) is 1. The van der Waals surface area contributed by atoms with Crippen LogP contribution in [0.25, 0.3) is 0 Å². The average molecular weight is 462 g/mol. The molecule has 7 heteroatoms. The molecular formula is C26H33F2NO4. The van der Waals surface area contributed by atoms with Crippen molar-refractivity contribution in [2.45, 2.75) is 70.4 Å². The van der Waals surface area contributed by atoms with E-state index < -0.39 is 17.0 Å². The summed E-state index contributed by atoms with van der Waals surface area (Å²) in [4.78, 5) is 14.7. The van der Waals surface area contributed by atoms with Crippen LogP contribution in [0.5, 0.6) is 5.75 Å². The first-order valence-electron chi connectivity index (χ1n) is 11.4. The third-order valence-electron chi connectivity index (χ3n) is 6.48. The maximum absolute atomic E-state index is 14.5. The highest BCUT2D eigenvalue weighted by molar-refractivity contribution is 5.94. The van der Waals surface area contributed by atoms with Crippen molar-refractivity contribution in [3.8, 4) is 5.75 Å². The lowest BCUT2D eigenvalue weighted by atomic mass is 9.81. The Morgan fingerprint density at radius 3 is 2.52 bits per heavy atom. The summed E-state index contributed by atoms with van der Waals surface area (Å²) in [6.45, 7) is 7.81. The molecule has 1 spiro atoms. The Balaban J connectivity index is 0.00000324. The van der Waals surface area contributed by atoms with Gasteiger partial charge in [0.2, 0.25) is 0 Å². The number of likely N-dealkylation sites (tertiary alicyclic amines) is 1. The van der Waals surface area contributed by atoms with Crippen molar-refractivity contribution in [3.63, 3.8) is 0 Å². The van der Waals surface area contributed by atoms with Crippen molar-refractivity contribution in [1.29, 1.82) is 0 Å². The summed E-state index contributed by atoms with van der Waals surface area (Å²) >= 11 is 0. The van der Waals surface area contributed by atoms with Gasteiger partial charge < -0.3 is 19.5 Å². The Morgan fingerprint density at radius 2 is 1.91 bits per heavy atom. The molecule has 4 rings (SSSR count). The SMILES string of the molecule is CC(C)OC1CC2(CCN(C(=O)c3ccc(C(C)(C)O)c(F)c3)CC2)Oc2cc(F)ccc21.[HH]. The van der Waals surface area contributed by atoms with Gasteiger partial charge in [-0.15, -0.1) is 0 Å². The van der Waals surface area contributed by atoms with Gasteiger partial charge in [-0.3, -0.25) is 4.79 Å². The first-order valence-corrected chi connectivity index (χ1v) is 11.4. The molecule has 1 fully saturated rings. The molecule has 33 heavy (non-hydrogen) atoms. The van der Waals surface area contributed by atoms with Crippen molar-refractivity contribution in [2.75, 3.05) is 13.1 Å². The van der Waals surface area contributed by atoms with Gasteiger partial charge in [-0.05, 0) is 52.0 Å². The lowest BCUT2D eigenvalue weighted by Crippen LogP contribution is -2.52. The molecule has 2 aliphatic rings. The molecule has 5 nitrogen and oxygen atoms in total. The van der Waals surface area contributed by atoms with Gasteiger partial charge in [0, 0.05) is 56.5 Å². The standard InChI is InChI=1S/C26H31F2NO4.H2/c1-16(2)32-23-15-26(33-22-14-18(27)6-7-19(22)23)9-11-29(12-10-26)24(30)17-5-8-20(21(28)13-17)25(3,4)31;/h5-8,13-14,16,23,31H,9-12,15H2,1-4H3;1H. The van der Waals surface area contributed by atoms with Crippen molar-refractivity contribution >= 4 is 5.91 Å². The fraction of sp³-hybridized carbons (Fsp3) is 0.500. The van der Waals surface area contributed by atoms with Crippen LogP contribution >= 0.6 is 0 Å². The summed E-state index contributed by atoms with van der Waals surface area (Å²) in [5, 5.41) is 10.1. The van der Waals surface area contributed by atoms with E-state index in [1.165, 1.54) is 38.1 Å². The number of fused-ring (bicyclic) bond motifs is 1. The zero-order chi connectivity index (χ0) is 24.0. The minimum atomic E-state index is -1.33. The first kappa shape index (κ1) is 23.6. The zero-order valence-corrected chi connectivity index (χ0v) is 19.5. The number of rotatable bonds is 4. The zero-order valence-electron chi connectivity index (χ0n) is 19.5. The average Bonchev–Trinajstić information content (AvgIpc) is 2.72. The van der Waals surface area contributed by atoms with Gasteiger partial charge in [-0.25, -0.2) is 8.78 Å². The van der Waals surface area contributed by atoms with Gasteiger partial charge in [-0.2, -0.15) is 0 Å². The molecule has 0 aliphatic carbocycles. The Bertz CT molecular complexity index is 1050. The van der Waals surface area contributed by atoms with E-state index >= 15 is 0 Å². The van der Waals surface area contributed by atoms with E-state index in [0.717, 1.165) is 5.56 Å². The second-order valence-corrected chi connectivity index (χ2v) is 9.89. The number of piperidine rings is 1. The summed E-state index contributed by atoms with van der Waals surface area (Å²) in [7, 11) is 0. The molecule has 2 heterocycles. The fourth-order valence-electron chi connectivity index (χ4n) is 4.79. The summed E-state index contributed by atoms with van der Waals surface area (Å²) < 4.78 is 40.8.